The molecule has 1 N–H and O–H groups in total. The Morgan fingerprint density at radius 1 is 0.886 bits per heavy atom. The van der Waals surface area contributed by atoms with E-state index in [4.69, 9.17) is 23.9 Å². The number of carbonyl (C=O) groups is 2. The van der Waals surface area contributed by atoms with Crippen LogP contribution < -0.4 is 29.2 Å². The third kappa shape index (κ3) is 5.93. The summed E-state index contributed by atoms with van der Waals surface area (Å²) in [4.78, 5) is 43.8. The van der Waals surface area contributed by atoms with Gasteiger partial charge in [0.25, 0.3) is 0 Å². The van der Waals surface area contributed by atoms with Crippen LogP contribution >= 0.6 is 0 Å². The van der Waals surface area contributed by atoms with Gasteiger partial charge in [-0.25, -0.2) is 9.97 Å². The van der Waals surface area contributed by atoms with Crippen molar-refractivity contribution in [3.8, 4) is 28.9 Å². The molecular formula is C31H31N7O6. The molecule has 2 amide bonds. The summed E-state index contributed by atoms with van der Waals surface area (Å²) in [6.45, 7) is 2.26. The normalized spacial score (nSPS) is 16.7. The molecule has 3 aliphatic heterocycles. The van der Waals surface area contributed by atoms with Gasteiger partial charge in [0.15, 0.2) is 23.0 Å². The van der Waals surface area contributed by atoms with Crippen molar-refractivity contribution in [2.24, 2.45) is 0 Å². The van der Waals surface area contributed by atoms with Gasteiger partial charge in [0.2, 0.25) is 31.3 Å². The molecule has 1 fully saturated rings. The number of hydrogen-bond donors (Lipinski definition) is 1. The van der Waals surface area contributed by atoms with Crippen LogP contribution in [0.15, 0.2) is 67.4 Å². The number of anilines is 1. The summed E-state index contributed by atoms with van der Waals surface area (Å²) in [5, 5.41) is 3.05. The number of hydrogen-bond acceptors (Lipinski definition) is 10. The fourth-order valence-corrected chi connectivity index (χ4v) is 5.63. The van der Waals surface area contributed by atoms with Crippen LogP contribution in [0, 0.1) is 0 Å². The van der Waals surface area contributed by atoms with E-state index in [1.165, 1.54) is 0 Å². The Morgan fingerprint density at radius 3 is 2.41 bits per heavy atom. The predicted molar refractivity (Wildman–Crippen MR) is 157 cm³/mol. The average Bonchev–Trinajstić information content (AvgIpc) is 3.83. The highest BCUT2D eigenvalue weighted by Gasteiger charge is 2.32. The standard InChI is InChI=1S/C31H31N7O6/c39-29(33-7-5-21-1-3-24-26(13-21)43-19-41-24)16-23-17-36(30(40)15-22-2-4-25-27(14-22)44-20-42-25)11-12-38(23)28-6-8-34-31(35-28)37-10-9-32-18-37/h1-4,6,8-10,13-14,18,23H,5,7,11-12,15-17,19-20H2,(H,33,39). The van der Waals surface area contributed by atoms with Crippen molar-refractivity contribution in [1.82, 2.24) is 29.7 Å². The summed E-state index contributed by atoms with van der Waals surface area (Å²) in [6, 6.07) is 12.9. The van der Waals surface area contributed by atoms with Gasteiger partial charge in [-0.15, -0.1) is 0 Å². The summed E-state index contributed by atoms with van der Waals surface area (Å²) < 4.78 is 23.5. The van der Waals surface area contributed by atoms with Gasteiger partial charge < -0.3 is 34.1 Å². The number of nitrogens with one attached hydrogen (secondary N) is 1. The number of carbonyl (C=O) groups excluding carboxylic acids is 2. The Morgan fingerprint density at radius 2 is 1.64 bits per heavy atom. The van der Waals surface area contributed by atoms with Crippen LogP contribution in [-0.2, 0) is 22.4 Å². The molecule has 4 aromatic rings. The van der Waals surface area contributed by atoms with Gasteiger partial charge in [-0.3, -0.25) is 14.2 Å². The molecule has 1 saturated heterocycles. The first-order chi connectivity index (χ1) is 21.6. The molecule has 3 aliphatic rings. The quantitative estimate of drug-likeness (QED) is 0.306. The number of rotatable bonds is 9. The number of nitrogens with zero attached hydrogens (tertiary/aromatic N) is 6. The second-order valence-corrected chi connectivity index (χ2v) is 10.7. The Hall–Kier alpha value is -5.33. The Labute approximate surface area is 253 Å². The summed E-state index contributed by atoms with van der Waals surface area (Å²) >= 11 is 0. The number of amides is 2. The van der Waals surface area contributed by atoms with Crippen LogP contribution in [0.5, 0.6) is 23.0 Å². The van der Waals surface area contributed by atoms with Gasteiger partial charge in [0.05, 0.1) is 12.5 Å². The number of fused-ring (bicyclic) bond motifs is 2. The van der Waals surface area contributed by atoms with Gasteiger partial charge >= 0.3 is 0 Å². The maximum Gasteiger partial charge on any atom is 0.236 e. The highest BCUT2D eigenvalue weighted by atomic mass is 16.7. The van der Waals surface area contributed by atoms with E-state index in [2.05, 4.69) is 20.2 Å². The molecule has 2 aromatic carbocycles. The minimum Gasteiger partial charge on any atom is -0.454 e. The van der Waals surface area contributed by atoms with Crippen LogP contribution in [0.4, 0.5) is 5.82 Å². The third-order valence-corrected chi connectivity index (χ3v) is 7.88. The van der Waals surface area contributed by atoms with E-state index in [1.54, 1.807) is 29.5 Å². The molecule has 0 aliphatic carbocycles. The Bertz CT molecular complexity index is 1660. The van der Waals surface area contributed by atoms with Crippen molar-refractivity contribution in [2.45, 2.75) is 25.3 Å². The van der Waals surface area contributed by atoms with Crippen molar-refractivity contribution >= 4 is 17.6 Å². The molecule has 1 unspecified atom stereocenters. The molecule has 0 spiro atoms. The number of benzene rings is 2. The highest BCUT2D eigenvalue weighted by Crippen LogP contribution is 2.33. The Balaban J connectivity index is 1.04. The maximum absolute atomic E-state index is 13.4. The number of aromatic nitrogens is 4. The minimum absolute atomic E-state index is 0.0153. The largest absolute Gasteiger partial charge is 0.454 e. The summed E-state index contributed by atoms with van der Waals surface area (Å²) in [5.74, 6) is 3.82. The van der Waals surface area contributed by atoms with Crippen LogP contribution in [0.25, 0.3) is 5.95 Å². The van der Waals surface area contributed by atoms with Crippen LogP contribution in [0.2, 0.25) is 0 Å². The smallest absolute Gasteiger partial charge is 0.236 e. The van der Waals surface area contributed by atoms with E-state index in [1.807, 2.05) is 47.4 Å². The van der Waals surface area contributed by atoms with E-state index in [9.17, 15) is 9.59 Å². The first-order valence-corrected chi connectivity index (χ1v) is 14.5. The van der Waals surface area contributed by atoms with Gasteiger partial charge in [0.1, 0.15) is 12.1 Å². The zero-order chi connectivity index (χ0) is 29.9. The van der Waals surface area contributed by atoms with Crippen molar-refractivity contribution in [3.63, 3.8) is 0 Å². The fourth-order valence-electron chi connectivity index (χ4n) is 5.63. The van der Waals surface area contributed by atoms with Crippen LogP contribution in [0.1, 0.15) is 17.5 Å². The van der Waals surface area contributed by atoms with Gasteiger partial charge in [-0.1, -0.05) is 12.1 Å². The van der Waals surface area contributed by atoms with E-state index in [0.29, 0.717) is 55.9 Å². The number of imidazole rings is 1. The van der Waals surface area contributed by atoms with Crippen molar-refractivity contribution in [1.29, 1.82) is 0 Å². The monoisotopic (exact) mass is 597 g/mol. The zero-order valence-electron chi connectivity index (χ0n) is 23.9. The molecule has 7 rings (SSSR count). The van der Waals surface area contributed by atoms with E-state index >= 15 is 0 Å². The molecule has 13 heteroatoms. The molecule has 226 valence electrons. The SMILES string of the molecule is O=C(CC1CN(C(=O)Cc2ccc3c(c2)OCO3)CCN1c1ccnc(-n2ccnc2)n1)NCCc1ccc2c(c1)OCO2. The molecule has 2 aromatic heterocycles. The fraction of sp³-hybridized carbons (Fsp3) is 0.323. The highest BCUT2D eigenvalue weighted by molar-refractivity contribution is 5.80. The van der Waals surface area contributed by atoms with Gasteiger partial charge in [-0.2, -0.15) is 4.98 Å². The summed E-state index contributed by atoms with van der Waals surface area (Å²) in [7, 11) is 0. The van der Waals surface area contributed by atoms with E-state index < -0.39 is 0 Å². The molecule has 5 heterocycles. The second-order valence-electron chi connectivity index (χ2n) is 10.7. The van der Waals surface area contributed by atoms with E-state index in [0.717, 1.165) is 22.6 Å². The van der Waals surface area contributed by atoms with Crippen molar-refractivity contribution in [2.75, 3.05) is 44.7 Å². The first-order valence-electron chi connectivity index (χ1n) is 14.5. The molecule has 0 saturated carbocycles. The van der Waals surface area contributed by atoms with E-state index in [-0.39, 0.29) is 44.3 Å². The third-order valence-electron chi connectivity index (χ3n) is 7.88. The lowest BCUT2D eigenvalue weighted by Gasteiger charge is -2.42. The second kappa shape index (κ2) is 12.1. The lowest BCUT2D eigenvalue weighted by molar-refractivity contribution is -0.132. The topological polar surface area (TPSA) is 133 Å². The molecule has 44 heavy (non-hydrogen) atoms. The van der Waals surface area contributed by atoms with Crippen molar-refractivity contribution < 1.29 is 28.5 Å². The average molecular weight is 598 g/mol. The minimum atomic E-state index is -0.291. The molecule has 1 atom stereocenters. The number of ether oxygens (including phenoxy) is 4. The van der Waals surface area contributed by atoms with Gasteiger partial charge in [-0.05, 0) is 47.9 Å². The predicted octanol–water partition coefficient (Wildman–Crippen LogP) is 2.13. The Kier molecular flexibility index (Phi) is 7.57. The lowest BCUT2D eigenvalue weighted by Crippen LogP contribution is -2.56. The van der Waals surface area contributed by atoms with Gasteiger partial charge in [0, 0.05) is 51.2 Å². The first kappa shape index (κ1) is 27.5. The molecular weight excluding hydrogens is 566 g/mol. The number of piperazine rings is 1. The summed E-state index contributed by atoms with van der Waals surface area (Å²) in [5.41, 5.74) is 1.89. The lowest BCUT2D eigenvalue weighted by atomic mass is 10.1. The van der Waals surface area contributed by atoms with Crippen molar-refractivity contribution in [3.05, 3.63) is 78.5 Å². The van der Waals surface area contributed by atoms with Crippen LogP contribution in [0.3, 0.4) is 0 Å². The summed E-state index contributed by atoms with van der Waals surface area (Å²) in [6.07, 6.45) is 7.84. The molecule has 13 nitrogen and oxygen atoms in total. The van der Waals surface area contributed by atoms with Crippen LogP contribution in [-0.4, -0.2) is 82.0 Å². The molecule has 0 radical (unpaired) electrons. The maximum atomic E-state index is 13.4. The molecule has 0 bridgehead atoms. The zero-order valence-corrected chi connectivity index (χ0v) is 23.9.